The average Bonchev–Trinajstić information content (AvgIpc) is 2.21. The van der Waals surface area contributed by atoms with Crippen LogP contribution < -0.4 is 10.6 Å². The minimum absolute atomic E-state index is 0.107. The molecule has 1 aromatic rings. The largest absolute Gasteiger partial charge is 0.257 e. The third kappa shape index (κ3) is 1.69. The fourth-order valence-corrected chi connectivity index (χ4v) is 1.49. The van der Waals surface area contributed by atoms with E-state index in [-0.39, 0.29) is 5.41 Å². The van der Waals surface area contributed by atoms with Crippen molar-refractivity contribution in [3.8, 4) is 0 Å². The number of rotatable bonds is 0. The van der Waals surface area contributed by atoms with E-state index in [2.05, 4.69) is 37.1 Å². The van der Waals surface area contributed by atoms with Gasteiger partial charge in [-0.3, -0.25) is 4.99 Å². The Labute approximate surface area is 78.1 Å². The van der Waals surface area contributed by atoms with Crippen LogP contribution >= 0.6 is 0 Å². The van der Waals surface area contributed by atoms with Crippen LogP contribution in [0.25, 0.3) is 6.08 Å². The molecule has 1 aliphatic heterocycles. The molecule has 1 aromatic carbocycles. The van der Waals surface area contributed by atoms with Gasteiger partial charge >= 0.3 is 0 Å². The van der Waals surface area contributed by atoms with E-state index in [4.69, 9.17) is 0 Å². The number of fused-ring (bicyclic) bond motifs is 1. The molecule has 0 aromatic heterocycles. The zero-order valence-electron chi connectivity index (χ0n) is 7.99. The van der Waals surface area contributed by atoms with Crippen LogP contribution in [-0.4, -0.2) is 0 Å². The van der Waals surface area contributed by atoms with Crippen molar-refractivity contribution < 1.29 is 0 Å². The van der Waals surface area contributed by atoms with Gasteiger partial charge in [-0.1, -0.05) is 44.2 Å². The molecule has 2 rings (SSSR count). The molecule has 1 aliphatic rings. The van der Waals surface area contributed by atoms with E-state index < -0.39 is 0 Å². The molecule has 0 unspecified atom stereocenters. The zero-order chi connectivity index (χ0) is 9.31. The van der Waals surface area contributed by atoms with Gasteiger partial charge in [0, 0.05) is 11.6 Å². The van der Waals surface area contributed by atoms with E-state index in [1.807, 2.05) is 24.4 Å². The van der Waals surface area contributed by atoms with Gasteiger partial charge in [0.25, 0.3) is 0 Å². The van der Waals surface area contributed by atoms with Gasteiger partial charge in [0.05, 0.1) is 5.36 Å². The van der Waals surface area contributed by atoms with Crippen molar-refractivity contribution in [1.29, 1.82) is 0 Å². The Bertz CT molecular complexity index is 452. The zero-order valence-corrected chi connectivity index (χ0v) is 7.99. The van der Waals surface area contributed by atoms with Crippen LogP contribution in [0.2, 0.25) is 0 Å². The molecule has 0 spiro atoms. The summed E-state index contributed by atoms with van der Waals surface area (Å²) in [5, 5.41) is 2.28. The first-order chi connectivity index (χ1) is 6.17. The topological polar surface area (TPSA) is 12.4 Å². The van der Waals surface area contributed by atoms with Crippen LogP contribution in [0.15, 0.2) is 41.5 Å². The number of para-hydroxylation sites is 1. The van der Waals surface area contributed by atoms with Crippen molar-refractivity contribution in [1.82, 2.24) is 0 Å². The number of allylic oxidation sites excluding steroid dienone is 1. The average molecular weight is 171 g/mol. The second-order valence-electron chi connectivity index (χ2n) is 3.97. The highest BCUT2D eigenvalue weighted by Gasteiger charge is 2.10. The Morgan fingerprint density at radius 1 is 1.15 bits per heavy atom. The van der Waals surface area contributed by atoms with Gasteiger partial charge in [-0.15, -0.1) is 0 Å². The summed E-state index contributed by atoms with van der Waals surface area (Å²) >= 11 is 0. The van der Waals surface area contributed by atoms with Crippen molar-refractivity contribution in [3.05, 3.63) is 47.1 Å². The lowest BCUT2D eigenvalue weighted by Crippen LogP contribution is -2.25. The van der Waals surface area contributed by atoms with Crippen molar-refractivity contribution in [2.24, 2.45) is 10.4 Å². The highest BCUT2D eigenvalue weighted by Crippen LogP contribution is 2.18. The summed E-state index contributed by atoms with van der Waals surface area (Å²) in [5.74, 6) is 0. The van der Waals surface area contributed by atoms with Crippen LogP contribution in [0, 0.1) is 5.41 Å². The molecular weight excluding hydrogens is 158 g/mol. The highest BCUT2D eigenvalue weighted by molar-refractivity contribution is 5.36. The normalized spacial score (nSPS) is 18.0. The maximum Gasteiger partial charge on any atom is 0.0698 e. The van der Waals surface area contributed by atoms with Crippen molar-refractivity contribution in [2.45, 2.75) is 13.8 Å². The maximum atomic E-state index is 4.37. The first-order valence-electron chi connectivity index (χ1n) is 4.51. The molecule has 0 bridgehead atoms. The molecule has 0 saturated carbocycles. The van der Waals surface area contributed by atoms with E-state index in [9.17, 15) is 0 Å². The molecular formula is C12H13N. The standard InChI is InChI=1S/C12H13N/c1-12(2)7-8-13-11-6-4-3-5-10(11)9-12/h3-9H,1-2H3. The fraction of sp³-hybridized carbons (Fsp3) is 0.250. The summed E-state index contributed by atoms with van der Waals surface area (Å²) in [7, 11) is 0. The molecule has 13 heavy (non-hydrogen) atoms. The Morgan fingerprint density at radius 3 is 2.77 bits per heavy atom. The van der Waals surface area contributed by atoms with E-state index in [0.29, 0.717) is 0 Å². The molecule has 0 amide bonds. The van der Waals surface area contributed by atoms with E-state index in [1.165, 1.54) is 5.22 Å². The van der Waals surface area contributed by atoms with Gasteiger partial charge in [-0.25, -0.2) is 0 Å². The third-order valence-corrected chi connectivity index (χ3v) is 2.18. The Hall–Kier alpha value is -1.37. The summed E-state index contributed by atoms with van der Waals surface area (Å²) in [4.78, 5) is 4.37. The van der Waals surface area contributed by atoms with E-state index in [1.54, 1.807) is 0 Å². The third-order valence-electron chi connectivity index (χ3n) is 2.18. The monoisotopic (exact) mass is 171 g/mol. The first kappa shape index (κ1) is 8.24. The minimum Gasteiger partial charge on any atom is -0.257 e. The molecule has 1 heterocycles. The minimum atomic E-state index is 0.107. The second-order valence-corrected chi connectivity index (χ2v) is 3.97. The summed E-state index contributed by atoms with van der Waals surface area (Å²) in [5.41, 5.74) is 0.107. The van der Waals surface area contributed by atoms with Crippen molar-refractivity contribution >= 4 is 6.08 Å². The SMILES string of the molecule is CC1(C)C=CN=c2ccccc2=C1. The molecule has 1 heteroatoms. The molecule has 0 saturated heterocycles. The van der Waals surface area contributed by atoms with Gasteiger partial charge < -0.3 is 0 Å². The number of nitrogens with zero attached hydrogens (tertiary/aromatic N) is 1. The predicted octanol–water partition coefficient (Wildman–Crippen LogP) is 1.64. The number of hydrogen-bond acceptors (Lipinski definition) is 1. The van der Waals surface area contributed by atoms with Crippen LogP contribution in [0.1, 0.15) is 13.8 Å². The lowest BCUT2D eigenvalue weighted by Gasteiger charge is -2.12. The van der Waals surface area contributed by atoms with Gasteiger partial charge in [0.2, 0.25) is 0 Å². The Balaban J connectivity index is 2.77. The summed E-state index contributed by atoms with van der Waals surface area (Å²) in [6, 6.07) is 8.21. The maximum absolute atomic E-state index is 4.37. The van der Waals surface area contributed by atoms with Crippen molar-refractivity contribution in [3.63, 3.8) is 0 Å². The predicted molar refractivity (Wildman–Crippen MR) is 54.6 cm³/mol. The quantitative estimate of drug-likeness (QED) is 0.562. The van der Waals surface area contributed by atoms with Gasteiger partial charge in [0.1, 0.15) is 0 Å². The first-order valence-corrected chi connectivity index (χ1v) is 4.51. The van der Waals surface area contributed by atoms with Gasteiger partial charge in [0.15, 0.2) is 0 Å². The Morgan fingerprint density at radius 2 is 1.92 bits per heavy atom. The Kier molecular flexibility index (Phi) is 1.80. The molecule has 0 radical (unpaired) electrons. The van der Waals surface area contributed by atoms with E-state index >= 15 is 0 Å². The lowest BCUT2D eigenvalue weighted by atomic mass is 9.92. The number of hydrogen-bond donors (Lipinski definition) is 0. The summed E-state index contributed by atoms with van der Waals surface area (Å²) in [6.45, 7) is 4.36. The smallest absolute Gasteiger partial charge is 0.0698 e. The molecule has 0 atom stereocenters. The van der Waals surface area contributed by atoms with Crippen molar-refractivity contribution in [2.75, 3.05) is 0 Å². The van der Waals surface area contributed by atoms with Crippen LogP contribution in [0.3, 0.4) is 0 Å². The molecule has 0 N–H and O–H groups in total. The van der Waals surface area contributed by atoms with Crippen LogP contribution in [0.5, 0.6) is 0 Å². The summed E-state index contributed by atoms with van der Waals surface area (Å²) < 4.78 is 0. The molecule has 0 aliphatic carbocycles. The van der Waals surface area contributed by atoms with E-state index in [0.717, 1.165) is 5.36 Å². The fourth-order valence-electron chi connectivity index (χ4n) is 1.49. The van der Waals surface area contributed by atoms with Crippen LogP contribution in [0.4, 0.5) is 0 Å². The molecule has 66 valence electrons. The highest BCUT2D eigenvalue weighted by atomic mass is 14.7. The molecule has 0 fully saturated rings. The summed E-state index contributed by atoms with van der Waals surface area (Å²) in [6.07, 6.45) is 6.25. The second kappa shape index (κ2) is 2.84. The van der Waals surface area contributed by atoms with Gasteiger partial charge in [-0.05, 0) is 11.3 Å². The van der Waals surface area contributed by atoms with Crippen LogP contribution in [-0.2, 0) is 0 Å². The molecule has 1 nitrogen and oxygen atoms in total. The number of benzene rings is 1. The van der Waals surface area contributed by atoms with Gasteiger partial charge in [-0.2, -0.15) is 0 Å². The lowest BCUT2D eigenvalue weighted by molar-refractivity contribution is 0.669.